The Morgan fingerprint density at radius 1 is 1.33 bits per heavy atom. The Balaban J connectivity index is 1.33. The summed E-state index contributed by atoms with van der Waals surface area (Å²) in [6.45, 7) is 1.75. The van der Waals surface area contributed by atoms with Gasteiger partial charge in [0.1, 0.15) is 5.82 Å². The van der Waals surface area contributed by atoms with Gasteiger partial charge in [0.05, 0.1) is 16.3 Å². The van der Waals surface area contributed by atoms with Crippen LogP contribution in [0.4, 0.5) is 10.1 Å². The highest BCUT2D eigenvalue weighted by molar-refractivity contribution is 7.99. The van der Waals surface area contributed by atoms with E-state index in [1.165, 1.54) is 23.9 Å². The van der Waals surface area contributed by atoms with Crippen LogP contribution in [0.5, 0.6) is 0 Å². The van der Waals surface area contributed by atoms with Gasteiger partial charge in [-0.3, -0.25) is 4.79 Å². The average molecular weight is 384 g/mol. The van der Waals surface area contributed by atoms with E-state index < -0.39 is 0 Å². The predicted molar refractivity (Wildman–Crippen MR) is 100.0 cm³/mol. The summed E-state index contributed by atoms with van der Waals surface area (Å²) in [5.74, 6) is 1.37. The summed E-state index contributed by atoms with van der Waals surface area (Å²) < 4.78 is 18.4. The number of halogens is 1. The molecule has 2 heterocycles. The van der Waals surface area contributed by atoms with Gasteiger partial charge >= 0.3 is 0 Å². The van der Waals surface area contributed by atoms with Crippen LogP contribution in [0.15, 0.2) is 46.1 Å². The summed E-state index contributed by atoms with van der Waals surface area (Å²) in [4.78, 5) is 20.8. The first kappa shape index (κ1) is 17.7. The van der Waals surface area contributed by atoms with Crippen molar-refractivity contribution in [3.05, 3.63) is 53.7 Å². The zero-order valence-corrected chi connectivity index (χ0v) is 15.4. The van der Waals surface area contributed by atoms with Crippen LogP contribution in [0.25, 0.3) is 11.5 Å². The van der Waals surface area contributed by atoms with E-state index in [4.69, 9.17) is 4.52 Å². The first-order chi connectivity index (χ1) is 13.1. The normalized spacial score (nSPS) is 13.6. The Bertz CT molecular complexity index is 970. The summed E-state index contributed by atoms with van der Waals surface area (Å²) in [7, 11) is 0. The van der Waals surface area contributed by atoms with Crippen LogP contribution >= 0.6 is 11.8 Å². The van der Waals surface area contributed by atoms with E-state index in [1.807, 2.05) is 12.1 Å². The van der Waals surface area contributed by atoms with Crippen LogP contribution in [-0.2, 0) is 4.79 Å². The first-order valence-corrected chi connectivity index (χ1v) is 9.56. The number of aryl methyl sites for hydroxylation is 1. The number of rotatable bonds is 6. The molecule has 1 aromatic carbocycles. The second-order valence-corrected chi connectivity index (χ2v) is 7.41. The third-order valence-corrected chi connectivity index (χ3v) is 5.13. The minimum Gasteiger partial charge on any atom is -0.334 e. The lowest BCUT2D eigenvalue weighted by atomic mass is 10.2. The smallest absolute Gasteiger partial charge is 0.259 e. The number of nitrogens with zero attached hydrogens (tertiary/aromatic N) is 3. The maximum absolute atomic E-state index is 13.1. The van der Waals surface area contributed by atoms with Gasteiger partial charge in [-0.1, -0.05) is 16.9 Å². The molecule has 138 valence electrons. The second kappa shape index (κ2) is 7.48. The Morgan fingerprint density at radius 2 is 2.19 bits per heavy atom. The highest BCUT2D eigenvalue weighted by Crippen LogP contribution is 2.38. The molecule has 1 amide bonds. The number of hydrogen-bond donors (Lipinski definition) is 1. The van der Waals surface area contributed by atoms with Crippen molar-refractivity contribution in [1.29, 1.82) is 0 Å². The third-order valence-electron chi connectivity index (χ3n) is 4.18. The van der Waals surface area contributed by atoms with Crippen LogP contribution < -0.4 is 5.32 Å². The van der Waals surface area contributed by atoms with Crippen molar-refractivity contribution in [2.75, 3.05) is 11.1 Å². The number of hydrogen-bond acceptors (Lipinski definition) is 6. The molecule has 4 rings (SSSR count). The van der Waals surface area contributed by atoms with Gasteiger partial charge < -0.3 is 9.84 Å². The minimum absolute atomic E-state index is 0.174. The molecule has 0 saturated heterocycles. The van der Waals surface area contributed by atoms with Crippen molar-refractivity contribution in [3.8, 4) is 11.5 Å². The zero-order valence-electron chi connectivity index (χ0n) is 14.6. The van der Waals surface area contributed by atoms with E-state index >= 15 is 0 Å². The molecule has 1 aliphatic carbocycles. The van der Waals surface area contributed by atoms with Crippen LogP contribution in [0, 0.1) is 12.7 Å². The van der Waals surface area contributed by atoms with Crippen molar-refractivity contribution in [1.82, 2.24) is 15.1 Å². The minimum atomic E-state index is -0.324. The zero-order chi connectivity index (χ0) is 18.8. The highest BCUT2D eigenvalue weighted by atomic mass is 32.2. The molecule has 0 bridgehead atoms. The fourth-order valence-electron chi connectivity index (χ4n) is 2.54. The molecule has 6 nitrogen and oxygen atoms in total. The number of anilines is 1. The summed E-state index contributed by atoms with van der Waals surface area (Å²) in [5.41, 5.74) is 2.04. The van der Waals surface area contributed by atoms with Crippen LogP contribution in [0.3, 0.4) is 0 Å². The lowest BCUT2D eigenvalue weighted by Crippen LogP contribution is -2.15. The molecule has 1 saturated carbocycles. The maximum Gasteiger partial charge on any atom is 0.259 e. The number of pyridine rings is 1. The first-order valence-electron chi connectivity index (χ1n) is 8.57. The van der Waals surface area contributed by atoms with Gasteiger partial charge in [0.25, 0.3) is 5.89 Å². The third kappa shape index (κ3) is 4.33. The molecule has 1 N–H and O–H groups in total. The number of nitrogens with one attached hydrogen (secondary N) is 1. The standard InChI is InChI=1S/C19H17FN4O2S/c1-11-8-14(20)5-6-15(11)22-16(25)10-27-17-7-4-13(9-21-17)19-23-18(24-26-19)12-2-3-12/h4-9,12H,2-3,10H2,1H3,(H,22,25). The molecule has 1 aliphatic rings. The van der Waals surface area contributed by atoms with Gasteiger partial charge in [-0.25, -0.2) is 9.37 Å². The Labute approximate surface area is 159 Å². The molecule has 0 atom stereocenters. The monoisotopic (exact) mass is 384 g/mol. The summed E-state index contributed by atoms with van der Waals surface area (Å²) in [6, 6.07) is 7.93. The molecule has 0 aliphatic heterocycles. The largest absolute Gasteiger partial charge is 0.334 e. The predicted octanol–water partition coefficient (Wildman–Crippen LogP) is 4.19. The SMILES string of the molecule is Cc1cc(F)ccc1NC(=O)CSc1ccc(-c2nc(C3CC3)no2)cn1. The summed E-state index contributed by atoms with van der Waals surface area (Å²) >= 11 is 1.32. The summed E-state index contributed by atoms with van der Waals surface area (Å²) in [6.07, 6.45) is 3.90. The highest BCUT2D eigenvalue weighted by Gasteiger charge is 2.29. The molecule has 0 spiro atoms. The number of benzene rings is 1. The quantitative estimate of drug-likeness (QED) is 0.642. The van der Waals surface area contributed by atoms with Crippen LogP contribution in [0.2, 0.25) is 0 Å². The van der Waals surface area contributed by atoms with Crippen LogP contribution in [-0.4, -0.2) is 26.8 Å². The topological polar surface area (TPSA) is 80.9 Å². The number of carbonyl (C=O) groups is 1. The van der Waals surface area contributed by atoms with E-state index in [2.05, 4.69) is 20.4 Å². The van der Waals surface area contributed by atoms with Gasteiger partial charge in [-0.05, 0) is 55.7 Å². The molecule has 1 fully saturated rings. The molecule has 8 heteroatoms. The number of amides is 1. The van der Waals surface area contributed by atoms with Crippen molar-refractivity contribution >= 4 is 23.4 Å². The van der Waals surface area contributed by atoms with Gasteiger partial charge in [-0.2, -0.15) is 4.98 Å². The second-order valence-electron chi connectivity index (χ2n) is 6.41. The Hall–Kier alpha value is -2.74. The lowest BCUT2D eigenvalue weighted by Gasteiger charge is -2.08. The van der Waals surface area contributed by atoms with Crippen molar-refractivity contribution in [2.45, 2.75) is 30.7 Å². The maximum atomic E-state index is 13.1. The Kier molecular flexibility index (Phi) is 4.89. The number of carbonyl (C=O) groups excluding carboxylic acids is 1. The van der Waals surface area contributed by atoms with E-state index in [0.717, 1.165) is 24.2 Å². The summed E-state index contributed by atoms with van der Waals surface area (Å²) in [5, 5.41) is 7.48. The average Bonchev–Trinajstić information content (AvgIpc) is 3.40. The molecule has 3 aromatic rings. The van der Waals surface area contributed by atoms with E-state index in [9.17, 15) is 9.18 Å². The molecular formula is C19H17FN4O2S. The van der Waals surface area contributed by atoms with E-state index in [-0.39, 0.29) is 17.5 Å². The van der Waals surface area contributed by atoms with E-state index in [1.54, 1.807) is 19.2 Å². The van der Waals surface area contributed by atoms with Crippen LogP contribution in [0.1, 0.15) is 30.1 Å². The lowest BCUT2D eigenvalue weighted by molar-refractivity contribution is -0.113. The molecule has 0 radical (unpaired) electrons. The van der Waals surface area contributed by atoms with Gasteiger partial charge in [-0.15, -0.1) is 0 Å². The fourth-order valence-corrected chi connectivity index (χ4v) is 3.19. The van der Waals surface area contributed by atoms with Gasteiger partial charge in [0.2, 0.25) is 5.91 Å². The number of thioether (sulfide) groups is 1. The van der Waals surface area contributed by atoms with Crippen molar-refractivity contribution in [3.63, 3.8) is 0 Å². The van der Waals surface area contributed by atoms with E-state index in [0.29, 0.717) is 28.1 Å². The number of aromatic nitrogens is 3. The molecule has 0 unspecified atom stereocenters. The molecule has 27 heavy (non-hydrogen) atoms. The van der Waals surface area contributed by atoms with Gasteiger partial charge in [0.15, 0.2) is 5.82 Å². The molecule has 2 aromatic heterocycles. The molecular weight excluding hydrogens is 367 g/mol. The van der Waals surface area contributed by atoms with Gasteiger partial charge in [0, 0.05) is 17.8 Å². The van der Waals surface area contributed by atoms with Crippen molar-refractivity contribution < 1.29 is 13.7 Å². The van der Waals surface area contributed by atoms with Crippen molar-refractivity contribution in [2.24, 2.45) is 0 Å². The fraction of sp³-hybridized carbons (Fsp3) is 0.263. The Morgan fingerprint density at radius 3 is 2.89 bits per heavy atom.